The standard InChI is InChI=1S/C9H11OS2/c1-11-8-4-3-7(6-10)5-9(8)12-2/h3-5H,6H2,1-2H3. The molecule has 0 amide bonds. The van der Waals surface area contributed by atoms with Crippen molar-refractivity contribution >= 4 is 23.5 Å². The number of benzene rings is 1. The van der Waals surface area contributed by atoms with Gasteiger partial charge in [-0.3, -0.25) is 0 Å². The van der Waals surface area contributed by atoms with E-state index in [1.54, 1.807) is 23.5 Å². The summed E-state index contributed by atoms with van der Waals surface area (Å²) >= 11 is 3.41. The Labute approximate surface area is 81.6 Å². The maximum atomic E-state index is 10.6. The van der Waals surface area contributed by atoms with Crippen LogP contribution in [0.1, 0.15) is 5.56 Å². The normalized spacial score (nSPS) is 10.2. The molecule has 0 fully saturated rings. The molecule has 0 saturated heterocycles. The van der Waals surface area contributed by atoms with E-state index in [1.807, 2.05) is 30.7 Å². The Morgan fingerprint density at radius 3 is 2.33 bits per heavy atom. The summed E-state index contributed by atoms with van der Waals surface area (Å²) in [5, 5.41) is 10.6. The lowest BCUT2D eigenvalue weighted by Crippen LogP contribution is -1.84. The van der Waals surface area contributed by atoms with Gasteiger partial charge >= 0.3 is 0 Å². The molecule has 3 heteroatoms. The maximum absolute atomic E-state index is 10.6. The van der Waals surface area contributed by atoms with Crippen LogP contribution >= 0.6 is 23.5 Å². The molecule has 12 heavy (non-hydrogen) atoms. The maximum Gasteiger partial charge on any atom is 0.107 e. The smallest absolute Gasteiger partial charge is 0.107 e. The van der Waals surface area contributed by atoms with Gasteiger partial charge in [-0.15, -0.1) is 23.5 Å². The molecule has 0 saturated carbocycles. The van der Waals surface area contributed by atoms with Crippen molar-refractivity contribution in [1.82, 2.24) is 0 Å². The topological polar surface area (TPSA) is 19.9 Å². The van der Waals surface area contributed by atoms with Crippen LogP contribution in [0.3, 0.4) is 0 Å². The Kier molecular flexibility index (Phi) is 3.98. The molecule has 0 aliphatic carbocycles. The van der Waals surface area contributed by atoms with E-state index in [2.05, 4.69) is 0 Å². The van der Waals surface area contributed by atoms with Crippen LogP contribution in [0.2, 0.25) is 0 Å². The average molecular weight is 199 g/mol. The average Bonchev–Trinajstić information content (AvgIpc) is 2.16. The Balaban J connectivity index is 3.02. The predicted molar refractivity (Wildman–Crippen MR) is 54.4 cm³/mol. The van der Waals surface area contributed by atoms with Gasteiger partial charge in [0, 0.05) is 9.79 Å². The highest BCUT2D eigenvalue weighted by molar-refractivity contribution is 8.01. The largest absolute Gasteiger partial charge is 0.232 e. The first-order valence-electron chi connectivity index (χ1n) is 3.61. The van der Waals surface area contributed by atoms with E-state index >= 15 is 0 Å². The van der Waals surface area contributed by atoms with Crippen molar-refractivity contribution in [2.75, 3.05) is 12.5 Å². The monoisotopic (exact) mass is 199 g/mol. The predicted octanol–water partition coefficient (Wildman–Crippen LogP) is 3.06. The molecule has 0 N–H and O–H groups in total. The van der Waals surface area contributed by atoms with E-state index in [-0.39, 0.29) is 6.61 Å². The second kappa shape index (κ2) is 4.80. The van der Waals surface area contributed by atoms with Gasteiger partial charge in [-0.25, -0.2) is 5.11 Å². The van der Waals surface area contributed by atoms with Crippen molar-refractivity contribution in [3.05, 3.63) is 23.8 Å². The second-order valence-electron chi connectivity index (χ2n) is 2.33. The van der Waals surface area contributed by atoms with Gasteiger partial charge in [-0.1, -0.05) is 6.07 Å². The Bertz CT molecular complexity index is 261. The van der Waals surface area contributed by atoms with E-state index in [9.17, 15) is 5.11 Å². The quantitative estimate of drug-likeness (QED) is 0.697. The van der Waals surface area contributed by atoms with Gasteiger partial charge in [-0.2, -0.15) is 0 Å². The SMILES string of the molecule is CSc1ccc(C[O])cc1SC. The van der Waals surface area contributed by atoms with Crippen molar-refractivity contribution < 1.29 is 5.11 Å². The zero-order valence-electron chi connectivity index (χ0n) is 7.16. The molecule has 0 atom stereocenters. The lowest BCUT2D eigenvalue weighted by Gasteiger charge is -2.05. The zero-order chi connectivity index (χ0) is 8.97. The third-order valence-corrected chi connectivity index (χ3v) is 3.32. The van der Waals surface area contributed by atoms with E-state index in [4.69, 9.17) is 0 Å². The van der Waals surface area contributed by atoms with Crippen molar-refractivity contribution in [3.8, 4) is 0 Å². The summed E-state index contributed by atoms with van der Waals surface area (Å²) in [5.74, 6) is 0. The molecule has 0 aliphatic rings. The zero-order valence-corrected chi connectivity index (χ0v) is 8.80. The van der Waals surface area contributed by atoms with Crippen molar-refractivity contribution in [2.45, 2.75) is 16.4 Å². The highest BCUT2D eigenvalue weighted by Gasteiger charge is 2.01. The molecule has 1 radical (unpaired) electrons. The molecule has 1 rings (SSSR count). The van der Waals surface area contributed by atoms with Crippen LogP contribution in [0.25, 0.3) is 0 Å². The minimum absolute atomic E-state index is 0.123. The number of thioether (sulfide) groups is 2. The van der Waals surface area contributed by atoms with Crippen LogP contribution in [0, 0.1) is 0 Å². The van der Waals surface area contributed by atoms with E-state index in [0.29, 0.717) is 0 Å². The van der Waals surface area contributed by atoms with Crippen molar-refractivity contribution in [1.29, 1.82) is 0 Å². The number of hydrogen-bond donors (Lipinski definition) is 0. The van der Waals surface area contributed by atoms with Crippen LogP contribution in [-0.4, -0.2) is 12.5 Å². The molecule has 0 aliphatic heterocycles. The molecule has 0 heterocycles. The van der Waals surface area contributed by atoms with Crippen LogP contribution < -0.4 is 0 Å². The summed E-state index contributed by atoms with van der Waals surface area (Å²) in [6.45, 7) is -0.123. The van der Waals surface area contributed by atoms with Crippen molar-refractivity contribution in [2.24, 2.45) is 0 Å². The molecule has 65 valence electrons. The van der Waals surface area contributed by atoms with Crippen LogP contribution in [-0.2, 0) is 11.7 Å². The Morgan fingerprint density at radius 2 is 1.83 bits per heavy atom. The van der Waals surface area contributed by atoms with Gasteiger partial charge in [0.15, 0.2) is 0 Å². The van der Waals surface area contributed by atoms with Gasteiger partial charge < -0.3 is 0 Å². The van der Waals surface area contributed by atoms with Crippen LogP contribution in [0.15, 0.2) is 28.0 Å². The molecular formula is C9H11OS2. The number of hydrogen-bond acceptors (Lipinski definition) is 2. The highest BCUT2D eigenvalue weighted by Crippen LogP contribution is 2.28. The van der Waals surface area contributed by atoms with Gasteiger partial charge in [0.2, 0.25) is 0 Å². The summed E-state index contributed by atoms with van der Waals surface area (Å²) in [6, 6.07) is 5.89. The summed E-state index contributed by atoms with van der Waals surface area (Å²) in [4.78, 5) is 2.45. The molecule has 0 bridgehead atoms. The third kappa shape index (κ3) is 2.19. The molecular weight excluding hydrogens is 188 g/mol. The minimum atomic E-state index is -0.123. The first-order valence-corrected chi connectivity index (χ1v) is 6.05. The summed E-state index contributed by atoms with van der Waals surface area (Å²) in [5.41, 5.74) is 0.872. The van der Waals surface area contributed by atoms with Crippen molar-refractivity contribution in [3.63, 3.8) is 0 Å². The molecule has 1 aromatic rings. The van der Waals surface area contributed by atoms with Crippen LogP contribution in [0.5, 0.6) is 0 Å². The van der Waals surface area contributed by atoms with Crippen LogP contribution in [0.4, 0.5) is 0 Å². The molecule has 0 spiro atoms. The van der Waals surface area contributed by atoms with Gasteiger partial charge in [0.05, 0.1) is 0 Å². The van der Waals surface area contributed by atoms with E-state index in [1.165, 1.54) is 9.79 Å². The van der Waals surface area contributed by atoms with Gasteiger partial charge in [0.1, 0.15) is 6.61 Å². The van der Waals surface area contributed by atoms with Gasteiger partial charge in [0.25, 0.3) is 0 Å². The first kappa shape index (κ1) is 9.96. The minimum Gasteiger partial charge on any atom is -0.232 e. The molecule has 0 aromatic heterocycles. The Hall–Kier alpha value is -0.120. The molecule has 1 aromatic carbocycles. The van der Waals surface area contributed by atoms with E-state index < -0.39 is 0 Å². The summed E-state index contributed by atoms with van der Waals surface area (Å²) in [7, 11) is 0. The Morgan fingerprint density at radius 1 is 1.17 bits per heavy atom. The van der Waals surface area contributed by atoms with E-state index in [0.717, 1.165) is 5.56 Å². The fourth-order valence-electron chi connectivity index (χ4n) is 0.970. The molecule has 0 unspecified atom stereocenters. The molecule has 1 nitrogen and oxygen atoms in total. The lowest BCUT2D eigenvalue weighted by molar-refractivity contribution is 0.177. The fourth-order valence-corrected chi connectivity index (χ4v) is 2.47. The summed E-state index contributed by atoms with van der Waals surface area (Å²) in [6.07, 6.45) is 4.08. The second-order valence-corrected chi connectivity index (χ2v) is 4.03. The lowest BCUT2D eigenvalue weighted by atomic mass is 10.2. The highest BCUT2D eigenvalue weighted by atomic mass is 32.2. The van der Waals surface area contributed by atoms with Gasteiger partial charge in [-0.05, 0) is 30.2 Å². The first-order chi connectivity index (χ1) is 5.81. The third-order valence-electron chi connectivity index (χ3n) is 1.61. The summed E-state index contributed by atoms with van der Waals surface area (Å²) < 4.78 is 0. The number of rotatable bonds is 3. The fraction of sp³-hybridized carbons (Fsp3) is 0.333.